The van der Waals surface area contributed by atoms with Crippen LogP contribution in [0.2, 0.25) is 0 Å². The molecule has 0 unspecified atom stereocenters. The summed E-state index contributed by atoms with van der Waals surface area (Å²) >= 11 is 0. The average molecular weight is 256 g/mol. The maximum atomic E-state index is 11.9. The lowest BCUT2D eigenvalue weighted by Gasteiger charge is -2.04. The molecule has 1 aromatic carbocycles. The molecule has 0 saturated heterocycles. The fourth-order valence-corrected chi connectivity index (χ4v) is 1.49. The van der Waals surface area contributed by atoms with E-state index in [-0.39, 0.29) is 11.5 Å². The fourth-order valence-electron chi connectivity index (χ4n) is 1.49. The molecule has 96 valence electrons. The molecule has 0 saturated carbocycles. The molecule has 0 bridgehead atoms. The van der Waals surface area contributed by atoms with Crippen LogP contribution < -0.4 is 5.32 Å². The second-order valence-corrected chi connectivity index (χ2v) is 4.06. The zero-order valence-electron chi connectivity index (χ0n) is 10.3. The molecule has 1 aromatic heterocycles. The number of hydrogen-bond donors (Lipinski definition) is 2. The van der Waals surface area contributed by atoms with Gasteiger partial charge in [0.2, 0.25) is 0 Å². The maximum Gasteiger partial charge on any atom is 0.335 e. The number of anilines is 1. The molecule has 2 rings (SSSR count). The van der Waals surface area contributed by atoms with E-state index in [1.165, 1.54) is 24.3 Å². The summed E-state index contributed by atoms with van der Waals surface area (Å²) in [7, 11) is 0. The lowest BCUT2D eigenvalue weighted by Crippen LogP contribution is -2.13. The van der Waals surface area contributed by atoms with E-state index in [9.17, 15) is 9.59 Å². The summed E-state index contributed by atoms with van der Waals surface area (Å²) in [4.78, 5) is 26.6. The first-order valence-electron chi connectivity index (χ1n) is 5.63. The molecule has 5 heteroatoms. The monoisotopic (exact) mass is 256 g/mol. The van der Waals surface area contributed by atoms with Crippen LogP contribution in [-0.4, -0.2) is 22.0 Å². The van der Waals surface area contributed by atoms with Crippen LogP contribution in [-0.2, 0) is 0 Å². The second kappa shape index (κ2) is 5.30. The van der Waals surface area contributed by atoms with E-state index in [0.29, 0.717) is 11.4 Å². The van der Waals surface area contributed by atoms with Gasteiger partial charge in [0.05, 0.1) is 5.56 Å². The summed E-state index contributed by atoms with van der Waals surface area (Å²) in [6.07, 6.45) is 1.66. The fraction of sp³-hybridized carbons (Fsp3) is 0.0714. The largest absolute Gasteiger partial charge is 0.478 e. The Morgan fingerprint density at radius 3 is 2.21 bits per heavy atom. The topological polar surface area (TPSA) is 79.3 Å². The highest BCUT2D eigenvalue weighted by molar-refractivity contribution is 6.04. The lowest BCUT2D eigenvalue weighted by atomic mass is 10.1. The molecule has 0 aliphatic carbocycles. The number of aromatic carboxylic acids is 1. The predicted molar refractivity (Wildman–Crippen MR) is 70.3 cm³/mol. The van der Waals surface area contributed by atoms with E-state index in [1.807, 2.05) is 13.0 Å². The molecule has 0 aliphatic rings. The van der Waals surface area contributed by atoms with E-state index in [1.54, 1.807) is 12.3 Å². The van der Waals surface area contributed by atoms with Gasteiger partial charge in [-0.05, 0) is 42.8 Å². The molecule has 0 fully saturated rings. The van der Waals surface area contributed by atoms with Gasteiger partial charge in [-0.2, -0.15) is 0 Å². The molecule has 0 radical (unpaired) electrons. The number of aryl methyl sites for hydroxylation is 1. The highest BCUT2D eigenvalue weighted by Crippen LogP contribution is 2.09. The highest BCUT2D eigenvalue weighted by atomic mass is 16.4. The maximum absolute atomic E-state index is 11.9. The first-order chi connectivity index (χ1) is 9.06. The van der Waals surface area contributed by atoms with Crippen LogP contribution in [0.5, 0.6) is 0 Å². The minimum absolute atomic E-state index is 0.144. The van der Waals surface area contributed by atoms with Crippen LogP contribution in [0.1, 0.15) is 26.3 Å². The van der Waals surface area contributed by atoms with Gasteiger partial charge < -0.3 is 10.4 Å². The van der Waals surface area contributed by atoms with Crippen LogP contribution in [0.4, 0.5) is 5.82 Å². The van der Waals surface area contributed by atoms with E-state index in [4.69, 9.17) is 5.11 Å². The number of aromatic nitrogens is 1. The molecule has 1 amide bonds. The van der Waals surface area contributed by atoms with Gasteiger partial charge in [0, 0.05) is 11.8 Å². The number of carboxylic acid groups (broad SMARTS) is 1. The van der Waals surface area contributed by atoms with E-state index < -0.39 is 5.97 Å². The quantitative estimate of drug-likeness (QED) is 0.883. The zero-order chi connectivity index (χ0) is 13.8. The van der Waals surface area contributed by atoms with Crippen molar-refractivity contribution in [2.24, 2.45) is 0 Å². The normalized spacial score (nSPS) is 9.95. The van der Waals surface area contributed by atoms with Gasteiger partial charge in [0.15, 0.2) is 0 Å². The van der Waals surface area contributed by atoms with Crippen LogP contribution in [0.15, 0.2) is 42.6 Å². The minimum atomic E-state index is -1.02. The van der Waals surface area contributed by atoms with Gasteiger partial charge in [-0.15, -0.1) is 0 Å². The summed E-state index contributed by atoms with van der Waals surface area (Å²) in [5.41, 5.74) is 1.53. The number of benzene rings is 1. The SMILES string of the molecule is Cc1ccc(NC(=O)c2ccc(C(=O)O)cc2)nc1. The highest BCUT2D eigenvalue weighted by Gasteiger charge is 2.08. The number of rotatable bonds is 3. The van der Waals surface area contributed by atoms with Crippen molar-refractivity contribution in [3.8, 4) is 0 Å². The Morgan fingerprint density at radius 2 is 1.68 bits per heavy atom. The Kier molecular flexibility index (Phi) is 3.56. The van der Waals surface area contributed by atoms with Crippen molar-refractivity contribution in [3.63, 3.8) is 0 Å². The molecule has 19 heavy (non-hydrogen) atoms. The first-order valence-corrected chi connectivity index (χ1v) is 5.63. The zero-order valence-corrected chi connectivity index (χ0v) is 10.3. The van der Waals surface area contributed by atoms with E-state index in [2.05, 4.69) is 10.3 Å². The number of carboxylic acids is 1. The van der Waals surface area contributed by atoms with Gasteiger partial charge in [-0.1, -0.05) is 6.07 Å². The van der Waals surface area contributed by atoms with Crippen molar-refractivity contribution in [3.05, 3.63) is 59.3 Å². The molecule has 1 heterocycles. The molecule has 0 spiro atoms. The average Bonchev–Trinajstić information content (AvgIpc) is 2.41. The predicted octanol–water partition coefficient (Wildman–Crippen LogP) is 2.34. The third-order valence-electron chi connectivity index (χ3n) is 2.55. The first kappa shape index (κ1) is 12.8. The third kappa shape index (κ3) is 3.16. The number of carbonyl (C=O) groups is 2. The number of carbonyl (C=O) groups excluding carboxylic acids is 1. The van der Waals surface area contributed by atoms with E-state index >= 15 is 0 Å². The van der Waals surface area contributed by atoms with Crippen LogP contribution in [0, 0.1) is 6.92 Å². The summed E-state index contributed by atoms with van der Waals surface area (Å²) < 4.78 is 0. The Labute approximate surface area is 109 Å². The summed E-state index contributed by atoms with van der Waals surface area (Å²) in [5.74, 6) is -0.890. The van der Waals surface area contributed by atoms with Crippen molar-refractivity contribution in [1.29, 1.82) is 0 Å². The molecule has 2 N–H and O–H groups in total. The van der Waals surface area contributed by atoms with Crippen molar-refractivity contribution < 1.29 is 14.7 Å². The van der Waals surface area contributed by atoms with Gasteiger partial charge in [0.1, 0.15) is 5.82 Å². The number of nitrogens with one attached hydrogen (secondary N) is 1. The van der Waals surface area contributed by atoms with Gasteiger partial charge in [-0.25, -0.2) is 9.78 Å². The minimum Gasteiger partial charge on any atom is -0.478 e. The lowest BCUT2D eigenvalue weighted by molar-refractivity contribution is 0.0696. The Bertz CT molecular complexity index is 604. The van der Waals surface area contributed by atoms with Crippen LogP contribution >= 0.6 is 0 Å². The summed E-state index contributed by atoms with van der Waals surface area (Å²) in [6.45, 7) is 1.91. The number of hydrogen-bond acceptors (Lipinski definition) is 3. The summed E-state index contributed by atoms with van der Waals surface area (Å²) in [5, 5.41) is 11.4. The number of nitrogens with zero attached hydrogens (tertiary/aromatic N) is 1. The van der Waals surface area contributed by atoms with Gasteiger partial charge >= 0.3 is 5.97 Å². The molecule has 2 aromatic rings. The molecule has 0 aliphatic heterocycles. The molecular formula is C14H12N2O3. The Hall–Kier alpha value is -2.69. The molecule has 5 nitrogen and oxygen atoms in total. The second-order valence-electron chi connectivity index (χ2n) is 4.06. The van der Waals surface area contributed by atoms with Crippen molar-refractivity contribution in [2.45, 2.75) is 6.92 Å². The smallest absolute Gasteiger partial charge is 0.335 e. The van der Waals surface area contributed by atoms with Gasteiger partial charge in [0.25, 0.3) is 5.91 Å². The van der Waals surface area contributed by atoms with Crippen molar-refractivity contribution in [1.82, 2.24) is 4.98 Å². The Morgan fingerprint density at radius 1 is 1.05 bits per heavy atom. The van der Waals surface area contributed by atoms with Crippen LogP contribution in [0.3, 0.4) is 0 Å². The van der Waals surface area contributed by atoms with Crippen molar-refractivity contribution >= 4 is 17.7 Å². The summed E-state index contributed by atoms with van der Waals surface area (Å²) in [6, 6.07) is 9.26. The molecule has 0 atom stereocenters. The van der Waals surface area contributed by atoms with E-state index in [0.717, 1.165) is 5.56 Å². The number of amides is 1. The third-order valence-corrected chi connectivity index (χ3v) is 2.55. The van der Waals surface area contributed by atoms with Crippen molar-refractivity contribution in [2.75, 3.05) is 5.32 Å². The molecular weight excluding hydrogens is 244 g/mol. The Balaban J connectivity index is 2.11. The number of pyridine rings is 1. The van der Waals surface area contributed by atoms with Crippen LogP contribution in [0.25, 0.3) is 0 Å². The standard InChI is InChI=1S/C14H12N2O3/c1-9-2-7-12(15-8-9)16-13(17)10-3-5-11(6-4-10)14(18)19/h2-8H,1H3,(H,18,19)(H,15,16,17). The van der Waals surface area contributed by atoms with Gasteiger partial charge in [-0.3, -0.25) is 4.79 Å².